The molecule has 0 saturated heterocycles. The van der Waals surface area contributed by atoms with Gasteiger partial charge in [0.25, 0.3) is 5.56 Å². The molecule has 2 heterocycles. The average molecular weight is 307 g/mol. The molecule has 0 bridgehead atoms. The van der Waals surface area contributed by atoms with Crippen LogP contribution in [0.2, 0.25) is 0 Å². The fourth-order valence-electron chi connectivity index (χ4n) is 2.46. The van der Waals surface area contributed by atoms with Crippen molar-refractivity contribution in [1.29, 1.82) is 0 Å². The first-order valence-electron chi connectivity index (χ1n) is 7.75. The van der Waals surface area contributed by atoms with Crippen LogP contribution in [0.1, 0.15) is 55.8 Å². The molecule has 2 N–H and O–H groups in total. The van der Waals surface area contributed by atoms with Gasteiger partial charge in [0.2, 0.25) is 0 Å². The summed E-state index contributed by atoms with van der Waals surface area (Å²) in [5.74, 6) is 0.732. The summed E-state index contributed by atoms with van der Waals surface area (Å²) in [6.07, 6.45) is 4.94. The van der Waals surface area contributed by atoms with Gasteiger partial charge in [0.1, 0.15) is 10.7 Å². The number of thiophene rings is 1. The Kier molecular flexibility index (Phi) is 5.53. The number of nitrogens with one attached hydrogen (secondary N) is 2. The van der Waals surface area contributed by atoms with Crippen molar-refractivity contribution in [3.63, 3.8) is 0 Å². The van der Waals surface area contributed by atoms with Crippen LogP contribution in [0.4, 0.5) is 0 Å². The van der Waals surface area contributed by atoms with Gasteiger partial charge in [-0.15, -0.1) is 11.3 Å². The molecule has 0 saturated carbocycles. The molecular weight excluding hydrogens is 282 g/mol. The average Bonchev–Trinajstić information content (AvgIpc) is 2.72. The quantitative estimate of drug-likeness (QED) is 0.768. The Morgan fingerprint density at radius 2 is 2.10 bits per heavy atom. The second-order valence-electron chi connectivity index (χ2n) is 5.75. The predicted molar refractivity (Wildman–Crippen MR) is 90.2 cm³/mol. The van der Waals surface area contributed by atoms with E-state index >= 15 is 0 Å². The van der Waals surface area contributed by atoms with Gasteiger partial charge in [-0.1, -0.05) is 26.2 Å². The van der Waals surface area contributed by atoms with E-state index in [1.807, 2.05) is 13.8 Å². The van der Waals surface area contributed by atoms with E-state index in [0.29, 0.717) is 12.6 Å². The van der Waals surface area contributed by atoms with Crippen LogP contribution in [0.3, 0.4) is 0 Å². The summed E-state index contributed by atoms with van der Waals surface area (Å²) in [6, 6.07) is 0.448. The number of H-pyrrole nitrogens is 1. The van der Waals surface area contributed by atoms with Crippen LogP contribution in [0.25, 0.3) is 10.2 Å². The molecule has 0 fully saturated rings. The van der Waals surface area contributed by atoms with Crippen LogP contribution < -0.4 is 10.9 Å². The smallest absolute Gasteiger partial charge is 0.259 e. The van der Waals surface area contributed by atoms with Crippen molar-refractivity contribution in [2.24, 2.45) is 0 Å². The van der Waals surface area contributed by atoms with Crippen molar-refractivity contribution in [2.75, 3.05) is 0 Å². The molecule has 2 aromatic rings. The third-order valence-electron chi connectivity index (χ3n) is 3.95. The predicted octanol–water partition coefficient (Wildman–Crippen LogP) is 3.66. The molecule has 0 radical (unpaired) electrons. The maximum absolute atomic E-state index is 12.2. The first kappa shape index (κ1) is 16.2. The van der Waals surface area contributed by atoms with E-state index in [0.717, 1.165) is 28.0 Å². The van der Waals surface area contributed by atoms with Crippen molar-refractivity contribution >= 4 is 21.6 Å². The number of fused-ring (bicyclic) bond motifs is 1. The van der Waals surface area contributed by atoms with E-state index in [2.05, 4.69) is 29.1 Å². The molecule has 4 nitrogen and oxygen atoms in total. The minimum Gasteiger partial charge on any atom is -0.309 e. The zero-order chi connectivity index (χ0) is 15.4. The molecule has 0 aromatic carbocycles. The molecule has 0 amide bonds. The Hall–Kier alpha value is -1.20. The number of aromatic amines is 1. The number of rotatable bonds is 7. The maximum atomic E-state index is 12.2. The molecular formula is C16H25N3OS. The van der Waals surface area contributed by atoms with Gasteiger partial charge in [-0.3, -0.25) is 4.79 Å². The molecule has 2 aromatic heterocycles. The molecule has 116 valence electrons. The van der Waals surface area contributed by atoms with E-state index in [-0.39, 0.29) is 5.56 Å². The highest BCUT2D eigenvalue weighted by atomic mass is 32.1. The first-order chi connectivity index (χ1) is 10.0. The summed E-state index contributed by atoms with van der Waals surface area (Å²) in [7, 11) is 0. The standard InChI is InChI=1S/C16H25N3OS/c1-5-6-7-8-10(2)17-9-13-18-15(20)14-11(3)12(4)21-16(14)19-13/h10,17H,5-9H2,1-4H3,(H,18,19,20). The monoisotopic (exact) mass is 307 g/mol. The van der Waals surface area contributed by atoms with Crippen molar-refractivity contribution in [3.05, 3.63) is 26.6 Å². The number of hydrogen-bond acceptors (Lipinski definition) is 4. The van der Waals surface area contributed by atoms with Crippen molar-refractivity contribution in [3.8, 4) is 0 Å². The molecule has 0 spiro atoms. The van der Waals surface area contributed by atoms with Crippen molar-refractivity contribution in [1.82, 2.24) is 15.3 Å². The number of unbranched alkanes of at least 4 members (excludes halogenated alkanes) is 2. The Morgan fingerprint density at radius 1 is 1.33 bits per heavy atom. The Bertz CT molecular complexity index is 659. The summed E-state index contributed by atoms with van der Waals surface area (Å²) in [5.41, 5.74) is 1.04. The van der Waals surface area contributed by atoms with Gasteiger partial charge in [-0.2, -0.15) is 0 Å². The van der Waals surface area contributed by atoms with Gasteiger partial charge < -0.3 is 10.3 Å². The van der Waals surface area contributed by atoms with E-state index < -0.39 is 0 Å². The first-order valence-corrected chi connectivity index (χ1v) is 8.56. The molecule has 1 atom stereocenters. The lowest BCUT2D eigenvalue weighted by atomic mass is 10.1. The topological polar surface area (TPSA) is 57.8 Å². The molecule has 5 heteroatoms. The summed E-state index contributed by atoms with van der Waals surface area (Å²) in [5, 5.41) is 4.19. The minimum absolute atomic E-state index is 0.0164. The van der Waals surface area contributed by atoms with E-state index in [9.17, 15) is 4.79 Å². The van der Waals surface area contributed by atoms with Gasteiger partial charge in [-0.25, -0.2) is 4.98 Å². The largest absolute Gasteiger partial charge is 0.309 e. The van der Waals surface area contributed by atoms with Gasteiger partial charge in [0, 0.05) is 10.9 Å². The van der Waals surface area contributed by atoms with Crippen molar-refractivity contribution < 1.29 is 0 Å². The maximum Gasteiger partial charge on any atom is 0.259 e. The molecule has 0 aliphatic rings. The Labute approximate surface area is 130 Å². The minimum atomic E-state index is -0.0164. The SMILES string of the molecule is CCCCCC(C)NCc1nc2sc(C)c(C)c2c(=O)[nH]1. The van der Waals surface area contributed by atoms with Gasteiger partial charge in [-0.05, 0) is 32.8 Å². The van der Waals surface area contributed by atoms with Crippen molar-refractivity contribution in [2.45, 2.75) is 66.0 Å². The second-order valence-corrected chi connectivity index (χ2v) is 6.96. The molecule has 1 unspecified atom stereocenters. The fourth-order valence-corrected chi connectivity index (χ4v) is 3.51. The van der Waals surface area contributed by atoms with Gasteiger partial charge >= 0.3 is 0 Å². The molecule has 2 rings (SSSR count). The van der Waals surface area contributed by atoms with Gasteiger partial charge in [0.15, 0.2) is 0 Å². The normalized spacial score (nSPS) is 13.0. The second kappa shape index (κ2) is 7.18. The number of aromatic nitrogens is 2. The molecule has 21 heavy (non-hydrogen) atoms. The summed E-state index contributed by atoms with van der Waals surface area (Å²) in [6.45, 7) is 9.04. The zero-order valence-electron chi connectivity index (χ0n) is 13.4. The molecule has 0 aliphatic carbocycles. The lowest BCUT2D eigenvalue weighted by molar-refractivity contribution is 0.480. The Balaban J connectivity index is 2.04. The van der Waals surface area contributed by atoms with E-state index in [1.165, 1.54) is 24.1 Å². The fraction of sp³-hybridized carbons (Fsp3) is 0.625. The van der Waals surface area contributed by atoms with Crippen LogP contribution in [0, 0.1) is 13.8 Å². The zero-order valence-corrected chi connectivity index (χ0v) is 14.2. The highest BCUT2D eigenvalue weighted by Crippen LogP contribution is 2.25. The highest BCUT2D eigenvalue weighted by molar-refractivity contribution is 7.18. The number of hydrogen-bond donors (Lipinski definition) is 2. The van der Waals surface area contributed by atoms with Crippen LogP contribution >= 0.6 is 11.3 Å². The van der Waals surface area contributed by atoms with Crippen LogP contribution in [0.15, 0.2) is 4.79 Å². The number of nitrogens with zero attached hydrogens (tertiary/aromatic N) is 1. The lowest BCUT2D eigenvalue weighted by Gasteiger charge is -2.12. The van der Waals surface area contributed by atoms with Crippen LogP contribution in [-0.2, 0) is 6.54 Å². The third kappa shape index (κ3) is 3.92. The van der Waals surface area contributed by atoms with Crippen LogP contribution in [-0.4, -0.2) is 16.0 Å². The van der Waals surface area contributed by atoms with Crippen LogP contribution in [0.5, 0.6) is 0 Å². The summed E-state index contributed by atoms with van der Waals surface area (Å²) in [4.78, 5) is 21.7. The highest BCUT2D eigenvalue weighted by Gasteiger charge is 2.12. The van der Waals surface area contributed by atoms with Gasteiger partial charge in [0.05, 0.1) is 11.9 Å². The molecule has 0 aliphatic heterocycles. The van der Waals surface area contributed by atoms with E-state index in [4.69, 9.17) is 0 Å². The summed E-state index contributed by atoms with van der Waals surface area (Å²) >= 11 is 1.60. The third-order valence-corrected chi connectivity index (χ3v) is 5.05. The lowest BCUT2D eigenvalue weighted by Crippen LogP contribution is -2.27. The van der Waals surface area contributed by atoms with E-state index in [1.54, 1.807) is 11.3 Å². The number of aryl methyl sites for hydroxylation is 2. The summed E-state index contributed by atoms with van der Waals surface area (Å²) < 4.78 is 0. The Morgan fingerprint density at radius 3 is 2.81 bits per heavy atom.